The summed E-state index contributed by atoms with van der Waals surface area (Å²) in [7, 11) is 0. The maximum absolute atomic E-state index is 2.40. The number of aromatic nitrogens is 1. The van der Waals surface area contributed by atoms with E-state index in [9.17, 15) is 0 Å². The molecule has 2 aromatic heterocycles. The van der Waals surface area contributed by atoms with Gasteiger partial charge in [0.1, 0.15) is 0 Å². The summed E-state index contributed by atoms with van der Waals surface area (Å²) in [5.41, 5.74) is 8.66. The van der Waals surface area contributed by atoms with Crippen LogP contribution in [-0.2, 0) is 0 Å². The van der Waals surface area contributed by atoms with Crippen molar-refractivity contribution < 1.29 is 0 Å². The van der Waals surface area contributed by atoms with Crippen LogP contribution in [0.2, 0.25) is 0 Å². The van der Waals surface area contributed by atoms with Crippen molar-refractivity contribution >= 4 is 64.1 Å². The van der Waals surface area contributed by atoms with E-state index in [4.69, 9.17) is 0 Å². The second-order valence-corrected chi connectivity index (χ2v) is 12.0. The molecule has 2 heteroatoms. The highest BCUT2D eigenvalue weighted by Crippen LogP contribution is 2.41. The number of benzene rings is 7. The molecule has 0 bridgehead atoms. The van der Waals surface area contributed by atoms with Crippen molar-refractivity contribution in [2.45, 2.75) is 0 Å². The SMILES string of the molecule is c1ccc2cc(-n3c4ccccc4c4cc(-c5ccc(-c6cccc7c6sc6ccccc67)cc5)ccc43)ccc2c1. The molecule has 0 aliphatic carbocycles. The van der Waals surface area contributed by atoms with Crippen LogP contribution < -0.4 is 0 Å². The zero-order valence-electron chi connectivity index (χ0n) is 22.8. The standard InChI is InChI=1S/C40H25NS/c1-2-9-29-24-31(22-20-26(29)8-1)41-37-14-5-3-10-33(37)36-25-30(21-23-38(36)41)27-16-18-28(19-17-27)32-12-7-13-35-34-11-4-6-15-39(34)42-40(32)35/h1-25H. The average molecular weight is 552 g/mol. The monoisotopic (exact) mass is 551 g/mol. The van der Waals surface area contributed by atoms with E-state index in [1.165, 1.54) is 80.7 Å². The van der Waals surface area contributed by atoms with Gasteiger partial charge in [0.25, 0.3) is 0 Å². The van der Waals surface area contributed by atoms with Gasteiger partial charge in [-0.2, -0.15) is 0 Å². The van der Waals surface area contributed by atoms with E-state index in [1.54, 1.807) is 0 Å². The third kappa shape index (κ3) is 3.56. The molecule has 9 rings (SSSR count). The first-order valence-corrected chi connectivity index (χ1v) is 15.2. The van der Waals surface area contributed by atoms with E-state index in [-0.39, 0.29) is 0 Å². The number of para-hydroxylation sites is 1. The molecule has 0 unspecified atom stereocenters. The second-order valence-electron chi connectivity index (χ2n) is 11.0. The second kappa shape index (κ2) is 9.17. The summed E-state index contributed by atoms with van der Waals surface area (Å²) in [6, 6.07) is 55.5. The van der Waals surface area contributed by atoms with Crippen LogP contribution in [0.5, 0.6) is 0 Å². The van der Waals surface area contributed by atoms with Gasteiger partial charge in [-0.05, 0) is 69.4 Å². The van der Waals surface area contributed by atoms with Crippen LogP contribution in [0.1, 0.15) is 0 Å². The van der Waals surface area contributed by atoms with Crippen LogP contribution in [-0.4, -0.2) is 4.57 Å². The number of rotatable bonds is 3. The number of thiophene rings is 1. The summed E-state index contributed by atoms with van der Waals surface area (Å²) in [6.45, 7) is 0. The van der Waals surface area contributed by atoms with Crippen molar-refractivity contribution in [2.24, 2.45) is 0 Å². The minimum atomic E-state index is 1.19. The van der Waals surface area contributed by atoms with Gasteiger partial charge >= 0.3 is 0 Å². The Hall–Kier alpha value is -5.18. The Morgan fingerprint density at radius 1 is 0.405 bits per heavy atom. The molecule has 0 amide bonds. The van der Waals surface area contributed by atoms with Crippen molar-refractivity contribution in [1.82, 2.24) is 4.57 Å². The Morgan fingerprint density at radius 3 is 2.00 bits per heavy atom. The quantitative estimate of drug-likeness (QED) is 0.206. The first-order chi connectivity index (χ1) is 20.8. The number of nitrogens with zero attached hydrogens (tertiary/aromatic N) is 1. The molecule has 42 heavy (non-hydrogen) atoms. The zero-order valence-corrected chi connectivity index (χ0v) is 23.6. The van der Waals surface area contributed by atoms with Gasteiger partial charge in [0, 0.05) is 36.6 Å². The molecular weight excluding hydrogens is 527 g/mol. The predicted molar refractivity (Wildman–Crippen MR) is 182 cm³/mol. The minimum Gasteiger partial charge on any atom is -0.309 e. The molecule has 0 aliphatic heterocycles. The molecule has 0 fully saturated rings. The highest BCUT2D eigenvalue weighted by atomic mass is 32.1. The molecule has 0 N–H and O–H groups in total. The molecule has 0 atom stereocenters. The number of hydrogen-bond acceptors (Lipinski definition) is 1. The Morgan fingerprint density at radius 2 is 1.10 bits per heavy atom. The Bertz CT molecular complexity index is 2460. The maximum atomic E-state index is 2.40. The average Bonchev–Trinajstić information content (AvgIpc) is 3.60. The number of hydrogen-bond donors (Lipinski definition) is 0. The topological polar surface area (TPSA) is 4.93 Å². The molecule has 196 valence electrons. The van der Waals surface area contributed by atoms with E-state index in [0.717, 1.165) is 0 Å². The third-order valence-corrected chi connectivity index (χ3v) is 9.82. The molecule has 9 aromatic rings. The van der Waals surface area contributed by atoms with Gasteiger partial charge in [-0.15, -0.1) is 11.3 Å². The molecule has 1 nitrogen and oxygen atoms in total. The summed E-state index contributed by atoms with van der Waals surface area (Å²) in [5.74, 6) is 0. The zero-order chi connectivity index (χ0) is 27.6. The fourth-order valence-corrected chi connectivity index (χ4v) is 7.80. The van der Waals surface area contributed by atoms with Gasteiger partial charge in [0.2, 0.25) is 0 Å². The lowest BCUT2D eigenvalue weighted by Gasteiger charge is -2.10. The van der Waals surface area contributed by atoms with Crippen LogP contribution in [0.15, 0.2) is 152 Å². The molecule has 0 aliphatic rings. The first kappa shape index (κ1) is 23.5. The summed E-state index contributed by atoms with van der Waals surface area (Å²) in [5, 5.41) is 7.74. The van der Waals surface area contributed by atoms with Crippen molar-refractivity contribution in [3.05, 3.63) is 152 Å². The fourth-order valence-electron chi connectivity index (χ4n) is 6.56. The lowest BCUT2D eigenvalue weighted by molar-refractivity contribution is 1.19. The van der Waals surface area contributed by atoms with Gasteiger partial charge in [0.05, 0.1) is 11.0 Å². The Balaban J connectivity index is 1.16. The van der Waals surface area contributed by atoms with Gasteiger partial charge in [-0.1, -0.05) is 115 Å². The first-order valence-electron chi connectivity index (χ1n) is 14.4. The molecule has 7 aromatic carbocycles. The molecule has 2 heterocycles. The van der Waals surface area contributed by atoms with Crippen molar-refractivity contribution in [1.29, 1.82) is 0 Å². The van der Waals surface area contributed by atoms with Gasteiger partial charge < -0.3 is 4.57 Å². The molecule has 0 spiro atoms. The van der Waals surface area contributed by atoms with Gasteiger partial charge in [-0.25, -0.2) is 0 Å². The van der Waals surface area contributed by atoms with Crippen LogP contribution >= 0.6 is 11.3 Å². The van der Waals surface area contributed by atoms with E-state index in [1.807, 2.05) is 11.3 Å². The summed E-state index contributed by atoms with van der Waals surface area (Å²) < 4.78 is 5.09. The van der Waals surface area contributed by atoms with Gasteiger partial charge in [0.15, 0.2) is 0 Å². The molecule has 0 saturated carbocycles. The summed E-state index contributed by atoms with van der Waals surface area (Å²) in [6.07, 6.45) is 0. The normalized spacial score (nSPS) is 11.8. The summed E-state index contributed by atoms with van der Waals surface area (Å²) in [4.78, 5) is 0. The molecular formula is C40H25NS. The smallest absolute Gasteiger partial charge is 0.0541 e. The predicted octanol–water partition coefficient (Wildman–Crippen LogP) is 11.6. The number of fused-ring (bicyclic) bond motifs is 7. The molecule has 0 saturated heterocycles. The Kier molecular flexibility index (Phi) is 5.13. The fraction of sp³-hybridized carbons (Fsp3) is 0. The van der Waals surface area contributed by atoms with E-state index in [2.05, 4.69) is 156 Å². The van der Waals surface area contributed by atoms with Crippen LogP contribution in [0, 0.1) is 0 Å². The Labute approximate surface area is 247 Å². The van der Waals surface area contributed by atoms with Crippen molar-refractivity contribution in [3.8, 4) is 27.9 Å². The third-order valence-electron chi connectivity index (χ3n) is 8.60. The van der Waals surface area contributed by atoms with Crippen LogP contribution in [0.4, 0.5) is 0 Å². The molecule has 0 radical (unpaired) electrons. The van der Waals surface area contributed by atoms with E-state index < -0.39 is 0 Å². The lowest BCUT2D eigenvalue weighted by Crippen LogP contribution is -1.93. The van der Waals surface area contributed by atoms with Crippen LogP contribution in [0.3, 0.4) is 0 Å². The lowest BCUT2D eigenvalue weighted by atomic mass is 9.98. The van der Waals surface area contributed by atoms with E-state index in [0.29, 0.717) is 0 Å². The van der Waals surface area contributed by atoms with Gasteiger partial charge in [-0.3, -0.25) is 0 Å². The minimum absolute atomic E-state index is 1.19. The maximum Gasteiger partial charge on any atom is 0.0541 e. The van der Waals surface area contributed by atoms with E-state index >= 15 is 0 Å². The highest BCUT2D eigenvalue weighted by Gasteiger charge is 2.14. The van der Waals surface area contributed by atoms with Crippen molar-refractivity contribution in [3.63, 3.8) is 0 Å². The van der Waals surface area contributed by atoms with Crippen molar-refractivity contribution in [2.75, 3.05) is 0 Å². The highest BCUT2D eigenvalue weighted by molar-refractivity contribution is 7.26. The largest absolute Gasteiger partial charge is 0.309 e. The summed E-state index contributed by atoms with van der Waals surface area (Å²) >= 11 is 1.88. The van der Waals surface area contributed by atoms with Crippen LogP contribution in [0.25, 0.3) is 80.7 Å².